The van der Waals surface area contributed by atoms with Crippen molar-refractivity contribution >= 4 is 41.8 Å². The number of cyclic esters (lactones) is 1. The van der Waals surface area contributed by atoms with Gasteiger partial charge in [0.2, 0.25) is 29.6 Å². The van der Waals surface area contributed by atoms with Crippen molar-refractivity contribution in [3.05, 3.63) is 58.1 Å². The number of aliphatic carboxylic acids is 1. The van der Waals surface area contributed by atoms with E-state index < -0.39 is 211 Å². The number of aliphatic hydroxyl groups excluding tert-OH is 1. The Bertz CT molecular complexity index is 2900. The smallest absolute Gasteiger partial charge is 0.341 e. The number of hydrogen-bond acceptors (Lipinski definition) is 26. The lowest BCUT2D eigenvalue weighted by atomic mass is 9.76. The molecule has 4 aliphatic rings. The number of carboxylic acids is 1. The van der Waals surface area contributed by atoms with E-state index in [4.69, 9.17) is 33.2 Å². The highest BCUT2D eigenvalue weighted by Gasteiger charge is 2.58. The summed E-state index contributed by atoms with van der Waals surface area (Å²) in [5.74, 6) is -32.0. The number of phenolic OH excluding ortho intramolecular Hbond substituents is 11. The molecule has 0 amide bonds. The summed E-state index contributed by atoms with van der Waals surface area (Å²) in [4.78, 5) is 96.8. The first-order valence-corrected chi connectivity index (χ1v) is 19.2. The minimum atomic E-state index is -2.58. The van der Waals surface area contributed by atoms with Crippen molar-refractivity contribution in [2.45, 2.75) is 49.1 Å². The second-order valence-electron chi connectivity index (χ2n) is 15.2. The summed E-state index contributed by atoms with van der Waals surface area (Å²) in [6.45, 7) is -1.31. The number of carbonyl (C=O) groups is 7. The van der Waals surface area contributed by atoms with Gasteiger partial charge >= 0.3 is 41.8 Å². The quantitative estimate of drug-likeness (QED) is 0.0554. The van der Waals surface area contributed by atoms with E-state index in [1.54, 1.807) is 0 Å². The molecule has 8 atom stereocenters. The maximum absolute atomic E-state index is 14.6. The van der Waals surface area contributed by atoms with Crippen LogP contribution in [-0.4, -0.2) is 152 Å². The van der Waals surface area contributed by atoms with Gasteiger partial charge in [0.05, 0.1) is 34.6 Å². The van der Waals surface area contributed by atoms with Gasteiger partial charge in [0.1, 0.15) is 12.7 Å². The maximum atomic E-state index is 14.6. The summed E-state index contributed by atoms with van der Waals surface area (Å²) in [6, 6.07) is 2.36. The van der Waals surface area contributed by atoms with Gasteiger partial charge in [0.15, 0.2) is 70.1 Å². The first-order valence-electron chi connectivity index (χ1n) is 19.2. The van der Waals surface area contributed by atoms with Crippen LogP contribution in [0.3, 0.4) is 0 Å². The molecule has 27 nitrogen and oxygen atoms in total. The number of phenols is 11. The molecule has 0 aliphatic carbocycles. The molecule has 1 fully saturated rings. The van der Waals surface area contributed by atoms with E-state index in [1.165, 1.54) is 0 Å². The molecule has 0 radical (unpaired) electrons. The molecule has 1 saturated heterocycles. The first-order chi connectivity index (χ1) is 32.0. The van der Waals surface area contributed by atoms with Crippen LogP contribution in [0.2, 0.25) is 0 Å². The maximum Gasteiger partial charge on any atom is 0.341 e. The van der Waals surface area contributed by atoms with Crippen LogP contribution in [0.25, 0.3) is 11.1 Å². The first kappa shape index (κ1) is 45.5. The Labute approximate surface area is 374 Å². The summed E-state index contributed by atoms with van der Waals surface area (Å²) in [7, 11) is 0. The standard InChI is InChI=1S/C41H30O27/c42-13-1-8(2-14(43)24(13)49)35(56)68-41-34-33-31(64-39(60)12(6-19(47)48)22-23-11(38(59)67-34)5-17(46)27(52)32(23)65-40(61)30(22)55)18(63-41)7-62-36(57)9-3-15(44)25(50)28(53)20(9)21-10(37(58)66-33)4-16(45)26(51)29(21)54/h1-5,12,18,22,30-31,33-34,41-46,49-55H,6-7H2,(H,47,48)/t12-,18?,22-,30-,31+,33+,34?,41-/m0/s1. The average Bonchev–Trinajstić information content (AvgIpc) is 3.28. The minimum Gasteiger partial charge on any atom is -0.504 e. The average molecular weight is 955 g/mol. The molecule has 27 heteroatoms. The largest absolute Gasteiger partial charge is 0.504 e. The van der Waals surface area contributed by atoms with Crippen LogP contribution in [-0.2, 0) is 42.8 Å². The van der Waals surface area contributed by atoms with Gasteiger partial charge in [-0.2, -0.15) is 0 Å². The van der Waals surface area contributed by atoms with Gasteiger partial charge < -0.3 is 99.5 Å². The van der Waals surface area contributed by atoms with E-state index in [9.17, 15) is 99.9 Å². The van der Waals surface area contributed by atoms with E-state index in [-0.39, 0.29) is 0 Å². The van der Waals surface area contributed by atoms with Crippen LogP contribution >= 0.6 is 0 Å². The summed E-state index contributed by atoms with van der Waals surface area (Å²) < 4.78 is 38.8. The summed E-state index contributed by atoms with van der Waals surface area (Å²) in [6.07, 6.45) is -16.3. The highest BCUT2D eigenvalue weighted by Crippen LogP contribution is 2.54. The number of carbonyl (C=O) groups excluding carboxylic acids is 6. The molecule has 4 aromatic carbocycles. The van der Waals surface area contributed by atoms with Crippen molar-refractivity contribution in [2.75, 3.05) is 6.61 Å². The zero-order valence-corrected chi connectivity index (χ0v) is 33.4. The van der Waals surface area contributed by atoms with Crippen molar-refractivity contribution in [3.8, 4) is 80.1 Å². The van der Waals surface area contributed by atoms with E-state index in [2.05, 4.69) is 0 Å². The van der Waals surface area contributed by atoms with Gasteiger partial charge in [0.25, 0.3) is 0 Å². The predicted molar refractivity (Wildman–Crippen MR) is 206 cm³/mol. The van der Waals surface area contributed by atoms with Crippen molar-refractivity contribution < 1.29 is 133 Å². The Kier molecular flexibility index (Phi) is 11.0. The second-order valence-corrected chi connectivity index (χ2v) is 15.2. The minimum absolute atomic E-state index is 0.361. The number of hydrogen-bond donors (Lipinski definition) is 13. The third kappa shape index (κ3) is 7.31. The van der Waals surface area contributed by atoms with Crippen LogP contribution in [0, 0.1) is 5.92 Å². The zero-order chi connectivity index (χ0) is 49.5. The number of aromatic hydroxyl groups is 11. The highest BCUT2D eigenvalue weighted by atomic mass is 16.7. The molecule has 0 spiro atoms. The van der Waals surface area contributed by atoms with E-state index in [1.807, 2.05) is 0 Å². The van der Waals surface area contributed by atoms with Gasteiger partial charge in [-0.25, -0.2) is 24.0 Å². The van der Waals surface area contributed by atoms with Crippen molar-refractivity contribution in [3.63, 3.8) is 0 Å². The lowest BCUT2D eigenvalue weighted by Crippen LogP contribution is -2.63. The molecule has 4 aliphatic heterocycles. The third-order valence-electron chi connectivity index (χ3n) is 11.2. The predicted octanol–water partition coefficient (Wildman–Crippen LogP) is -0.00170. The van der Waals surface area contributed by atoms with Crippen LogP contribution in [0.15, 0.2) is 30.3 Å². The normalized spacial score (nSPS) is 24.3. The van der Waals surface area contributed by atoms with E-state index >= 15 is 0 Å². The molecule has 4 bridgehead atoms. The Balaban J connectivity index is 1.39. The lowest BCUT2D eigenvalue weighted by molar-refractivity contribution is -0.287. The fourth-order valence-corrected chi connectivity index (χ4v) is 8.04. The van der Waals surface area contributed by atoms with Crippen LogP contribution in [0.5, 0.6) is 69.0 Å². The molecule has 356 valence electrons. The van der Waals surface area contributed by atoms with Crippen LogP contribution in [0.4, 0.5) is 0 Å². The van der Waals surface area contributed by atoms with Gasteiger partial charge in [-0.15, -0.1) is 0 Å². The Morgan fingerprint density at radius 3 is 1.69 bits per heavy atom. The zero-order valence-electron chi connectivity index (χ0n) is 33.4. The lowest BCUT2D eigenvalue weighted by Gasteiger charge is -2.44. The molecule has 2 unspecified atom stereocenters. The molecule has 4 heterocycles. The molecular formula is C41H30O27. The summed E-state index contributed by atoms with van der Waals surface area (Å²) >= 11 is 0. The fraction of sp³-hybridized carbons (Fsp3) is 0.244. The molecule has 8 rings (SSSR count). The van der Waals surface area contributed by atoms with Crippen LogP contribution < -0.4 is 4.74 Å². The number of esters is 6. The molecule has 68 heavy (non-hydrogen) atoms. The molecular weight excluding hydrogens is 924 g/mol. The van der Waals surface area contributed by atoms with E-state index in [0.717, 1.165) is 0 Å². The van der Waals surface area contributed by atoms with Gasteiger partial charge in [0, 0.05) is 22.6 Å². The monoisotopic (exact) mass is 954 g/mol. The Hall–Kier alpha value is -9.11. The number of rotatable bonds is 4. The SMILES string of the molecule is O=C(O)C[C@@H]1C(=O)O[C@@H]2C3COC(=O)c4cc(O)c(O)c(O)c4-c4c(cc(O)c(O)c4O)C(=O)O[C@H]2C(OC(=O)c2cc(O)c(O)c4c2[C@H]1[C@H](O)C(=O)O4)[C@H](OC(=O)c1cc(O)c(O)c(O)c1)O3. The Morgan fingerprint density at radius 2 is 1.10 bits per heavy atom. The van der Waals surface area contributed by atoms with E-state index in [0.29, 0.717) is 30.3 Å². The number of ether oxygens (including phenoxy) is 7. The molecule has 4 aromatic rings. The molecule has 0 aromatic heterocycles. The highest BCUT2D eigenvalue weighted by molar-refractivity contribution is 6.08. The number of carboxylic acid groups (broad SMARTS) is 1. The fourth-order valence-electron chi connectivity index (χ4n) is 8.04. The van der Waals surface area contributed by atoms with Crippen molar-refractivity contribution in [1.29, 1.82) is 0 Å². The van der Waals surface area contributed by atoms with Gasteiger partial charge in [-0.1, -0.05) is 0 Å². The van der Waals surface area contributed by atoms with Gasteiger partial charge in [-0.3, -0.25) is 9.59 Å². The van der Waals surface area contributed by atoms with Gasteiger partial charge in [-0.05, 0) is 30.3 Å². The number of fused-ring (bicyclic) bond motifs is 3. The summed E-state index contributed by atoms with van der Waals surface area (Å²) in [5, 5.41) is 137. The van der Waals surface area contributed by atoms with Crippen LogP contribution in [0.1, 0.15) is 59.3 Å². The van der Waals surface area contributed by atoms with Crippen molar-refractivity contribution in [2.24, 2.45) is 5.92 Å². The number of aliphatic hydroxyl groups is 1. The number of benzene rings is 4. The third-order valence-corrected chi connectivity index (χ3v) is 11.2. The summed E-state index contributed by atoms with van der Waals surface area (Å²) in [5.41, 5.74) is -7.08. The Morgan fingerprint density at radius 1 is 0.588 bits per heavy atom. The molecule has 13 N–H and O–H groups in total. The molecule has 0 saturated carbocycles. The second kappa shape index (κ2) is 16.4. The topological polar surface area (TPSA) is 447 Å². The van der Waals surface area contributed by atoms with Crippen molar-refractivity contribution in [1.82, 2.24) is 0 Å².